The van der Waals surface area contributed by atoms with Crippen molar-refractivity contribution in [1.82, 2.24) is 10.2 Å². The number of nitrogens with zero attached hydrogens (tertiary/aromatic N) is 2. The maximum atomic E-state index is 5.63. The minimum atomic E-state index is 0.209. The maximum absolute atomic E-state index is 5.63. The molecule has 0 amide bonds. The quantitative estimate of drug-likeness (QED) is 0.767. The van der Waals surface area contributed by atoms with Gasteiger partial charge in [0.25, 0.3) is 0 Å². The monoisotopic (exact) mass is 286 g/mol. The van der Waals surface area contributed by atoms with E-state index >= 15 is 0 Å². The fraction of sp³-hybridized carbons (Fsp3) is 0.833. The van der Waals surface area contributed by atoms with Crippen LogP contribution in [0.25, 0.3) is 0 Å². The van der Waals surface area contributed by atoms with Crippen molar-refractivity contribution in [1.29, 1.82) is 0 Å². The van der Waals surface area contributed by atoms with Gasteiger partial charge in [0.2, 0.25) is 11.8 Å². The maximum Gasteiger partial charge on any atom is 0.230 e. The Kier molecular flexibility index (Phi) is 4.38. The van der Waals surface area contributed by atoms with Crippen LogP contribution in [-0.2, 0) is 6.42 Å². The van der Waals surface area contributed by atoms with Crippen LogP contribution in [0.3, 0.4) is 0 Å². The van der Waals surface area contributed by atoms with Crippen LogP contribution in [0.15, 0.2) is 4.42 Å². The second-order valence-corrected chi connectivity index (χ2v) is 5.70. The van der Waals surface area contributed by atoms with Crippen molar-refractivity contribution < 1.29 is 4.42 Å². The van der Waals surface area contributed by atoms with E-state index in [1.54, 1.807) is 0 Å². The Labute approximate surface area is 105 Å². The number of hydrogen-bond donors (Lipinski definition) is 0. The number of rotatable bonds is 5. The summed E-state index contributed by atoms with van der Waals surface area (Å²) in [5.41, 5.74) is 0. The first-order chi connectivity index (χ1) is 7.79. The van der Waals surface area contributed by atoms with Gasteiger partial charge in [0.15, 0.2) is 0 Å². The zero-order valence-corrected chi connectivity index (χ0v) is 11.4. The van der Waals surface area contributed by atoms with E-state index in [4.69, 9.17) is 4.42 Å². The third kappa shape index (κ3) is 3.06. The summed E-state index contributed by atoms with van der Waals surface area (Å²) >= 11 is 3.52. The van der Waals surface area contributed by atoms with Crippen molar-refractivity contribution in [3.8, 4) is 0 Å². The van der Waals surface area contributed by atoms with E-state index in [-0.39, 0.29) is 4.83 Å². The van der Waals surface area contributed by atoms with Gasteiger partial charge in [0, 0.05) is 6.42 Å². The molecule has 1 saturated carbocycles. The largest absolute Gasteiger partial charge is 0.424 e. The van der Waals surface area contributed by atoms with Gasteiger partial charge < -0.3 is 4.42 Å². The second kappa shape index (κ2) is 5.80. The zero-order chi connectivity index (χ0) is 11.4. The smallest absolute Gasteiger partial charge is 0.230 e. The van der Waals surface area contributed by atoms with E-state index in [9.17, 15) is 0 Å². The molecule has 0 N–H and O–H groups in total. The highest BCUT2D eigenvalue weighted by atomic mass is 79.9. The van der Waals surface area contributed by atoms with Gasteiger partial charge in [0.1, 0.15) is 0 Å². The summed E-state index contributed by atoms with van der Waals surface area (Å²) in [6.07, 6.45) is 8.71. The molecule has 90 valence electrons. The summed E-state index contributed by atoms with van der Waals surface area (Å²) < 4.78 is 5.63. The first-order valence-corrected chi connectivity index (χ1v) is 7.17. The van der Waals surface area contributed by atoms with Crippen LogP contribution in [0.5, 0.6) is 0 Å². The number of alkyl halides is 1. The molecule has 1 unspecified atom stereocenters. The van der Waals surface area contributed by atoms with Gasteiger partial charge >= 0.3 is 0 Å². The van der Waals surface area contributed by atoms with E-state index in [0.717, 1.165) is 30.5 Å². The number of aryl methyl sites for hydroxylation is 1. The second-order valence-electron chi connectivity index (χ2n) is 4.60. The Hall–Kier alpha value is -0.380. The third-order valence-corrected chi connectivity index (χ3v) is 4.39. The molecule has 1 aliphatic carbocycles. The highest BCUT2D eigenvalue weighted by Gasteiger charge is 2.17. The average Bonchev–Trinajstić information content (AvgIpc) is 2.96. The molecule has 1 atom stereocenters. The fourth-order valence-corrected chi connectivity index (χ4v) is 2.48. The minimum Gasteiger partial charge on any atom is -0.424 e. The van der Waals surface area contributed by atoms with Crippen LogP contribution in [-0.4, -0.2) is 10.2 Å². The molecule has 3 nitrogen and oxygen atoms in total. The predicted octanol–water partition coefficient (Wildman–Crippen LogP) is 4.04. The van der Waals surface area contributed by atoms with Crippen molar-refractivity contribution in [2.45, 2.75) is 56.7 Å². The molecule has 0 saturated heterocycles. The topological polar surface area (TPSA) is 38.9 Å². The third-order valence-electron chi connectivity index (χ3n) is 3.35. The van der Waals surface area contributed by atoms with Crippen LogP contribution < -0.4 is 0 Å². The zero-order valence-electron chi connectivity index (χ0n) is 9.79. The SMILES string of the molecule is CCC(Br)c1nnc(CCC2CCCC2)o1. The van der Waals surface area contributed by atoms with Crippen LogP contribution in [0.2, 0.25) is 0 Å². The number of hydrogen-bond acceptors (Lipinski definition) is 3. The van der Waals surface area contributed by atoms with Gasteiger partial charge in [0.05, 0.1) is 4.83 Å². The molecule has 1 fully saturated rings. The van der Waals surface area contributed by atoms with Crippen LogP contribution >= 0.6 is 15.9 Å². The first kappa shape index (κ1) is 12.1. The standard InChI is InChI=1S/C12H19BrN2O/c1-2-10(13)12-15-14-11(16-12)8-7-9-5-3-4-6-9/h9-10H,2-8H2,1H3. The van der Waals surface area contributed by atoms with Gasteiger partial charge in [-0.1, -0.05) is 48.5 Å². The molecule has 0 aromatic carbocycles. The molecule has 1 aliphatic rings. The highest BCUT2D eigenvalue weighted by Crippen LogP contribution is 2.29. The normalized spacial score (nSPS) is 19.1. The number of aromatic nitrogens is 2. The van der Waals surface area contributed by atoms with E-state index < -0.39 is 0 Å². The lowest BCUT2D eigenvalue weighted by Gasteiger charge is -2.05. The van der Waals surface area contributed by atoms with E-state index in [1.165, 1.54) is 32.1 Å². The molecular formula is C12H19BrN2O. The molecule has 0 radical (unpaired) electrons. The molecular weight excluding hydrogens is 268 g/mol. The van der Waals surface area contributed by atoms with Crippen molar-refractivity contribution in [3.05, 3.63) is 11.8 Å². The van der Waals surface area contributed by atoms with Gasteiger partial charge in [-0.15, -0.1) is 10.2 Å². The van der Waals surface area contributed by atoms with Crippen molar-refractivity contribution in [3.63, 3.8) is 0 Å². The summed E-state index contributed by atoms with van der Waals surface area (Å²) in [4.78, 5) is 0.209. The Morgan fingerprint density at radius 3 is 2.81 bits per heavy atom. The molecule has 1 aromatic heterocycles. The summed E-state index contributed by atoms with van der Waals surface area (Å²) in [5, 5.41) is 8.17. The molecule has 0 spiro atoms. The van der Waals surface area contributed by atoms with Gasteiger partial charge in [-0.05, 0) is 18.8 Å². The Morgan fingerprint density at radius 1 is 1.38 bits per heavy atom. The summed E-state index contributed by atoms with van der Waals surface area (Å²) in [5.74, 6) is 2.42. The van der Waals surface area contributed by atoms with E-state index in [0.29, 0.717) is 0 Å². The Morgan fingerprint density at radius 2 is 2.12 bits per heavy atom. The van der Waals surface area contributed by atoms with E-state index in [1.807, 2.05) is 0 Å². The number of halogens is 1. The molecule has 16 heavy (non-hydrogen) atoms. The van der Waals surface area contributed by atoms with Crippen LogP contribution in [0, 0.1) is 5.92 Å². The fourth-order valence-electron chi connectivity index (χ4n) is 2.30. The molecule has 0 bridgehead atoms. The molecule has 0 aliphatic heterocycles. The van der Waals surface area contributed by atoms with Crippen molar-refractivity contribution >= 4 is 15.9 Å². The Bertz CT molecular complexity index is 321. The predicted molar refractivity (Wildman–Crippen MR) is 66.5 cm³/mol. The minimum absolute atomic E-state index is 0.209. The molecule has 1 aromatic rings. The van der Waals surface area contributed by atoms with Crippen LogP contribution in [0.4, 0.5) is 0 Å². The Balaban J connectivity index is 1.82. The summed E-state index contributed by atoms with van der Waals surface area (Å²) in [6.45, 7) is 2.10. The van der Waals surface area contributed by atoms with Crippen molar-refractivity contribution in [2.75, 3.05) is 0 Å². The van der Waals surface area contributed by atoms with Crippen molar-refractivity contribution in [2.24, 2.45) is 5.92 Å². The van der Waals surface area contributed by atoms with Gasteiger partial charge in [-0.3, -0.25) is 0 Å². The highest BCUT2D eigenvalue weighted by molar-refractivity contribution is 9.09. The van der Waals surface area contributed by atoms with Gasteiger partial charge in [-0.2, -0.15) is 0 Å². The molecule has 2 rings (SSSR count). The molecule has 4 heteroatoms. The van der Waals surface area contributed by atoms with E-state index in [2.05, 4.69) is 33.1 Å². The van der Waals surface area contributed by atoms with Gasteiger partial charge in [-0.25, -0.2) is 0 Å². The first-order valence-electron chi connectivity index (χ1n) is 6.26. The average molecular weight is 287 g/mol. The lowest BCUT2D eigenvalue weighted by atomic mass is 10.0. The lowest BCUT2D eigenvalue weighted by Crippen LogP contribution is -1.96. The summed E-state index contributed by atoms with van der Waals surface area (Å²) in [6, 6.07) is 0. The molecule has 1 heterocycles. The van der Waals surface area contributed by atoms with Crippen LogP contribution in [0.1, 0.15) is 62.1 Å². The lowest BCUT2D eigenvalue weighted by molar-refractivity contribution is 0.414. The summed E-state index contributed by atoms with van der Waals surface area (Å²) in [7, 11) is 0.